The maximum Gasteiger partial charge on any atom is 0.270 e. The summed E-state index contributed by atoms with van der Waals surface area (Å²) in [6, 6.07) is 12.1. The first kappa shape index (κ1) is 17.2. The van der Waals surface area contributed by atoms with Gasteiger partial charge >= 0.3 is 0 Å². The molecule has 2 aliphatic rings. The molecule has 1 atom stereocenters. The molecule has 1 spiro atoms. The molecule has 0 unspecified atom stereocenters. The lowest BCUT2D eigenvalue weighted by molar-refractivity contribution is 0.0671. The number of benzene rings is 1. The van der Waals surface area contributed by atoms with Gasteiger partial charge in [0.25, 0.3) is 5.91 Å². The molecule has 1 aromatic carbocycles. The third kappa shape index (κ3) is 3.49. The zero-order chi connectivity index (χ0) is 18.0. The molecular weight excluding hydrogens is 326 g/mol. The topological polar surface area (TPSA) is 48.6 Å². The number of H-pyrrole nitrogens is 1. The van der Waals surface area contributed by atoms with E-state index in [0.29, 0.717) is 5.69 Å². The molecular formula is C21H27N3O2. The lowest BCUT2D eigenvalue weighted by Gasteiger charge is -2.40. The van der Waals surface area contributed by atoms with E-state index in [2.05, 4.69) is 28.1 Å². The SMILES string of the molecule is COc1cccc(CN2CCC[C@@]3(CCN(C(=O)c4ccc[nH]4)C3)C2)c1. The largest absolute Gasteiger partial charge is 0.497 e. The van der Waals surface area contributed by atoms with Gasteiger partial charge < -0.3 is 14.6 Å². The Bertz CT molecular complexity index is 758. The molecule has 2 fully saturated rings. The van der Waals surface area contributed by atoms with Crippen molar-refractivity contribution in [3.8, 4) is 5.75 Å². The third-order valence-corrected chi connectivity index (χ3v) is 5.83. The molecule has 3 heterocycles. The van der Waals surface area contributed by atoms with Gasteiger partial charge in [-0.05, 0) is 55.6 Å². The van der Waals surface area contributed by atoms with Gasteiger partial charge in [-0.2, -0.15) is 0 Å². The van der Waals surface area contributed by atoms with Gasteiger partial charge in [-0.3, -0.25) is 9.69 Å². The van der Waals surface area contributed by atoms with Gasteiger partial charge in [0.1, 0.15) is 11.4 Å². The van der Waals surface area contributed by atoms with Crippen molar-refractivity contribution in [3.05, 3.63) is 53.9 Å². The molecule has 26 heavy (non-hydrogen) atoms. The van der Waals surface area contributed by atoms with Gasteiger partial charge in [-0.25, -0.2) is 0 Å². The minimum atomic E-state index is 0.136. The zero-order valence-electron chi connectivity index (χ0n) is 15.4. The van der Waals surface area contributed by atoms with Gasteiger partial charge in [0.05, 0.1) is 7.11 Å². The number of aromatic nitrogens is 1. The second kappa shape index (κ2) is 7.16. The van der Waals surface area contributed by atoms with E-state index in [0.717, 1.165) is 44.9 Å². The first-order valence-electron chi connectivity index (χ1n) is 9.45. The monoisotopic (exact) mass is 353 g/mol. The van der Waals surface area contributed by atoms with Crippen molar-refractivity contribution < 1.29 is 9.53 Å². The van der Waals surface area contributed by atoms with Crippen LogP contribution in [-0.4, -0.2) is 54.0 Å². The molecule has 2 aliphatic heterocycles. The second-order valence-corrected chi connectivity index (χ2v) is 7.73. The van der Waals surface area contributed by atoms with E-state index < -0.39 is 0 Å². The van der Waals surface area contributed by atoms with Crippen molar-refractivity contribution in [2.75, 3.05) is 33.3 Å². The molecule has 0 aliphatic carbocycles. The van der Waals surface area contributed by atoms with Crippen LogP contribution in [0.3, 0.4) is 0 Å². The Hall–Kier alpha value is -2.27. The Kier molecular flexibility index (Phi) is 4.72. The summed E-state index contributed by atoms with van der Waals surface area (Å²) in [5, 5.41) is 0. The number of carbonyl (C=O) groups excluding carboxylic acids is 1. The Labute approximate surface area is 154 Å². The standard InChI is InChI=1S/C21H27N3O2/c1-26-18-6-2-5-17(13-18)14-23-11-4-8-21(15-23)9-12-24(16-21)20(25)19-7-3-10-22-19/h2-3,5-7,10,13,22H,4,8-9,11-12,14-16H2,1H3/t21-/m1/s1. The van der Waals surface area contributed by atoms with Crippen LogP contribution >= 0.6 is 0 Å². The maximum atomic E-state index is 12.6. The Morgan fingerprint density at radius 3 is 2.92 bits per heavy atom. The van der Waals surface area contributed by atoms with Crippen LogP contribution in [0.4, 0.5) is 0 Å². The minimum Gasteiger partial charge on any atom is -0.497 e. The fourth-order valence-electron chi connectivity index (χ4n) is 4.55. The summed E-state index contributed by atoms with van der Waals surface area (Å²) in [6.45, 7) is 4.89. The van der Waals surface area contributed by atoms with Crippen LogP contribution < -0.4 is 4.74 Å². The number of piperidine rings is 1. The number of aromatic amines is 1. The van der Waals surface area contributed by atoms with Gasteiger partial charge in [-0.15, -0.1) is 0 Å². The summed E-state index contributed by atoms with van der Waals surface area (Å²) < 4.78 is 5.35. The second-order valence-electron chi connectivity index (χ2n) is 7.73. The van der Waals surface area contributed by atoms with Crippen LogP contribution in [-0.2, 0) is 6.54 Å². The van der Waals surface area contributed by atoms with Crippen molar-refractivity contribution >= 4 is 5.91 Å². The normalized spacial score (nSPS) is 23.5. The Morgan fingerprint density at radius 1 is 1.19 bits per heavy atom. The van der Waals surface area contributed by atoms with Crippen LogP contribution in [0.5, 0.6) is 5.75 Å². The molecule has 1 N–H and O–H groups in total. The van der Waals surface area contributed by atoms with Crippen molar-refractivity contribution in [2.24, 2.45) is 5.41 Å². The van der Waals surface area contributed by atoms with Crippen molar-refractivity contribution in [1.82, 2.24) is 14.8 Å². The molecule has 4 rings (SSSR count). The predicted molar refractivity (Wildman–Crippen MR) is 101 cm³/mol. The number of nitrogens with one attached hydrogen (secondary N) is 1. The van der Waals surface area contributed by atoms with Gasteiger partial charge in [0.15, 0.2) is 0 Å². The number of hydrogen-bond donors (Lipinski definition) is 1. The van der Waals surface area contributed by atoms with Crippen LogP contribution in [0.25, 0.3) is 0 Å². The summed E-state index contributed by atoms with van der Waals surface area (Å²) in [7, 11) is 1.71. The Morgan fingerprint density at radius 2 is 2.12 bits per heavy atom. The molecule has 0 saturated carbocycles. The summed E-state index contributed by atoms with van der Waals surface area (Å²) in [5.74, 6) is 1.05. The number of carbonyl (C=O) groups is 1. The van der Waals surface area contributed by atoms with Gasteiger partial charge in [-0.1, -0.05) is 12.1 Å². The highest BCUT2D eigenvalue weighted by atomic mass is 16.5. The summed E-state index contributed by atoms with van der Waals surface area (Å²) in [5.41, 5.74) is 2.24. The number of hydrogen-bond acceptors (Lipinski definition) is 3. The maximum absolute atomic E-state index is 12.6. The number of amides is 1. The molecule has 138 valence electrons. The molecule has 1 amide bonds. The van der Waals surface area contributed by atoms with Crippen LogP contribution in [0, 0.1) is 5.41 Å². The number of ether oxygens (including phenoxy) is 1. The van der Waals surface area contributed by atoms with E-state index in [4.69, 9.17) is 4.74 Å². The summed E-state index contributed by atoms with van der Waals surface area (Å²) in [6.07, 6.45) is 5.34. The lowest BCUT2D eigenvalue weighted by atomic mass is 9.79. The molecule has 2 saturated heterocycles. The van der Waals surface area contributed by atoms with E-state index in [1.54, 1.807) is 7.11 Å². The van der Waals surface area contributed by atoms with Crippen LogP contribution in [0.1, 0.15) is 35.3 Å². The highest BCUT2D eigenvalue weighted by Gasteiger charge is 2.42. The molecule has 0 radical (unpaired) electrons. The first-order chi connectivity index (χ1) is 12.7. The first-order valence-corrected chi connectivity index (χ1v) is 9.45. The van der Waals surface area contributed by atoms with E-state index in [-0.39, 0.29) is 11.3 Å². The van der Waals surface area contributed by atoms with E-state index >= 15 is 0 Å². The van der Waals surface area contributed by atoms with Crippen LogP contribution in [0.15, 0.2) is 42.6 Å². The average molecular weight is 353 g/mol. The molecule has 5 nitrogen and oxygen atoms in total. The summed E-state index contributed by atoms with van der Waals surface area (Å²) in [4.78, 5) is 20.3. The minimum absolute atomic E-state index is 0.136. The predicted octanol–water partition coefficient (Wildman–Crippen LogP) is 3.15. The zero-order valence-corrected chi connectivity index (χ0v) is 15.4. The highest BCUT2D eigenvalue weighted by Crippen LogP contribution is 2.39. The Balaban J connectivity index is 1.41. The van der Waals surface area contributed by atoms with Crippen molar-refractivity contribution in [3.63, 3.8) is 0 Å². The van der Waals surface area contributed by atoms with Crippen molar-refractivity contribution in [2.45, 2.75) is 25.8 Å². The number of methoxy groups -OCH3 is 1. The van der Waals surface area contributed by atoms with E-state index in [9.17, 15) is 4.79 Å². The molecule has 0 bridgehead atoms. The van der Waals surface area contributed by atoms with Crippen molar-refractivity contribution in [1.29, 1.82) is 0 Å². The molecule has 5 heteroatoms. The average Bonchev–Trinajstić information content (AvgIpc) is 3.32. The van der Waals surface area contributed by atoms with Gasteiger partial charge in [0, 0.05) is 37.8 Å². The van der Waals surface area contributed by atoms with Crippen LogP contribution in [0.2, 0.25) is 0 Å². The quantitative estimate of drug-likeness (QED) is 0.919. The number of rotatable bonds is 4. The highest BCUT2D eigenvalue weighted by molar-refractivity contribution is 5.92. The lowest BCUT2D eigenvalue weighted by Crippen LogP contribution is -2.45. The summed E-state index contributed by atoms with van der Waals surface area (Å²) >= 11 is 0. The smallest absolute Gasteiger partial charge is 0.270 e. The molecule has 1 aromatic heterocycles. The number of likely N-dealkylation sites (tertiary alicyclic amines) is 2. The van der Waals surface area contributed by atoms with Gasteiger partial charge in [0.2, 0.25) is 0 Å². The number of nitrogens with zero attached hydrogens (tertiary/aromatic N) is 2. The molecule has 2 aromatic rings. The van der Waals surface area contributed by atoms with E-state index in [1.807, 2.05) is 29.3 Å². The van der Waals surface area contributed by atoms with E-state index in [1.165, 1.54) is 18.4 Å². The fraction of sp³-hybridized carbons (Fsp3) is 0.476. The third-order valence-electron chi connectivity index (χ3n) is 5.83. The fourth-order valence-corrected chi connectivity index (χ4v) is 4.55.